The van der Waals surface area contributed by atoms with Crippen LogP contribution in [0.3, 0.4) is 0 Å². The van der Waals surface area contributed by atoms with Gasteiger partial charge in [0.05, 0.1) is 23.4 Å². The molecule has 2 aromatic rings. The first-order valence-electron chi connectivity index (χ1n) is 7.00. The molecule has 0 fully saturated rings. The largest absolute Gasteiger partial charge is 0.454 e. The lowest BCUT2D eigenvalue weighted by molar-refractivity contribution is 0.174. The van der Waals surface area contributed by atoms with Gasteiger partial charge < -0.3 is 25.2 Å². The third kappa shape index (κ3) is 3.49. The summed E-state index contributed by atoms with van der Waals surface area (Å²) in [6, 6.07) is 11.4. The van der Waals surface area contributed by atoms with E-state index in [0.29, 0.717) is 22.2 Å². The summed E-state index contributed by atoms with van der Waals surface area (Å²) in [5.74, 6) is 1.06. The van der Waals surface area contributed by atoms with Gasteiger partial charge in [-0.15, -0.1) is 0 Å². The van der Waals surface area contributed by atoms with Crippen molar-refractivity contribution in [2.24, 2.45) is 0 Å². The minimum atomic E-state index is -0.510. The standard InChI is InChI=1S/C16H15ClN2O4/c17-11-6-14-15(23-9-22-14)7-12(11)18-16(21)19-13(8-20)10-4-2-1-3-5-10/h1-7,13,20H,8-9H2,(H2,18,19,21)/t13-/m1/s1. The number of carbonyl (C=O) groups excluding carboxylic acids is 1. The number of hydrogen-bond donors (Lipinski definition) is 3. The van der Waals surface area contributed by atoms with E-state index in [2.05, 4.69) is 10.6 Å². The molecule has 1 aliphatic heterocycles. The Morgan fingerprint density at radius 3 is 2.61 bits per heavy atom. The molecule has 0 spiro atoms. The Kier molecular flexibility index (Phi) is 4.55. The molecule has 1 heterocycles. The number of hydrogen-bond acceptors (Lipinski definition) is 4. The molecule has 0 aromatic heterocycles. The van der Waals surface area contributed by atoms with E-state index in [1.165, 1.54) is 0 Å². The quantitative estimate of drug-likeness (QED) is 0.803. The van der Waals surface area contributed by atoms with E-state index in [0.717, 1.165) is 5.56 Å². The molecule has 0 unspecified atom stereocenters. The number of rotatable bonds is 4. The van der Waals surface area contributed by atoms with Gasteiger partial charge in [-0.3, -0.25) is 0 Å². The molecule has 1 aliphatic rings. The van der Waals surface area contributed by atoms with Crippen LogP contribution < -0.4 is 20.1 Å². The van der Waals surface area contributed by atoms with E-state index in [9.17, 15) is 9.90 Å². The number of nitrogens with one attached hydrogen (secondary N) is 2. The molecule has 1 atom stereocenters. The van der Waals surface area contributed by atoms with Gasteiger partial charge in [0.1, 0.15) is 0 Å². The zero-order valence-corrected chi connectivity index (χ0v) is 12.8. The van der Waals surface area contributed by atoms with Gasteiger partial charge in [-0.05, 0) is 5.56 Å². The zero-order chi connectivity index (χ0) is 16.2. The molecule has 3 N–H and O–H groups in total. The van der Waals surface area contributed by atoms with Crippen LogP contribution in [-0.4, -0.2) is 24.5 Å². The van der Waals surface area contributed by atoms with E-state index < -0.39 is 12.1 Å². The number of fused-ring (bicyclic) bond motifs is 1. The molecule has 0 saturated carbocycles. The third-order valence-corrected chi connectivity index (χ3v) is 3.71. The maximum atomic E-state index is 12.1. The van der Waals surface area contributed by atoms with Crippen LogP contribution in [0, 0.1) is 0 Å². The summed E-state index contributed by atoms with van der Waals surface area (Å²) in [7, 11) is 0. The van der Waals surface area contributed by atoms with Crippen LogP contribution in [0.15, 0.2) is 42.5 Å². The summed E-state index contributed by atoms with van der Waals surface area (Å²) in [4.78, 5) is 12.1. The molecule has 3 rings (SSSR count). The highest BCUT2D eigenvalue weighted by Crippen LogP contribution is 2.39. The number of carbonyl (C=O) groups is 1. The minimum absolute atomic E-state index is 0.127. The van der Waals surface area contributed by atoms with Crippen LogP contribution in [0.1, 0.15) is 11.6 Å². The summed E-state index contributed by atoms with van der Waals surface area (Å²) in [6.45, 7) is -0.0891. The van der Waals surface area contributed by atoms with Crippen LogP contribution in [0.5, 0.6) is 11.5 Å². The van der Waals surface area contributed by atoms with Gasteiger partial charge in [-0.2, -0.15) is 0 Å². The van der Waals surface area contributed by atoms with E-state index in [4.69, 9.17) is 21.1 Å². The normalized spacial score (nSPS) is 13.5. The molecule has 0 saturated heterocycles. The van der Waals surface area contributed by atoms with Crippen molar-refractivity contribution in [3.8, 4) is 11.5 Å². The molecular formula is C16H15ClN2O4. The van der Waals surface area contributed by atoms with Crippen LogP contribution in [0.2, 0.25) is 5.02 Å². The zero-order valence-electron chi connectivity index (χ0n) is 12.1. The van der Waals surface area contributed by atoms with Crippen molar-refractivity contribution < 1.29 is 19.4 Å². The Balaban J connectivity index is 1.70. The van der Waals surface area contributed by atoms with Gasteiger partial charge in [0.25, 0.3) is 0 Å². The number of halogens is 1. The molecule has 0 aliphatic carbocycles. The number of anilines is 1. The van der Waals surface area contributed by atoms with Gasteiger partial charge in [0, 0.05) is 12.1 Å². The van der Waals surface area contributed by atoms with Gasteiger partial charge >= 0.3 is 6.03 Å². The minimum Gasteiger partial charge on any atom is -0.454 e. The summed E-state index contributed by atoms with van der Waals surface area (Å²) in [5.41, 5.74) is 1.21. The maximum Gasteiger partial charge on any atom is 0.319 e. The second-order valence-electron chi connectivity index (χ2n) is 4.93. The predicted molar refractivity (Wildman–Crippen MR) is 86.0 cm³/mol. The van der Waals surface area contributed by atoms with Gasteiger partial charge in [-0.25, -0.2) is 4.79 Å². The first-order valence-corrected chi connectivity index (χ1v) is 7.37. The molecule has 0 bridgehead atoms. The Labute approximate surface area is 138 Å². The molecule has 23 heavy (non-hydrogen) atoms. The Hall–Kier alpha value is -2.44. The average Bonchev–Trinajstić information content (AvgIpc) is 3.01. The molecule has 120 valence electrons. The highest BCUT2D eigenvalue weighted by molar-refractivity contribution is 6.34. The summed E-state index contributed by atoms with van der Waals surface area (Å²) >= 11 is 6.11. The number of aliphatic hydroxyl groups is 1. The SMILES string of the molecule is O=C(Nc1cc2c(cc1Cl)OCO2)N[C@H](CO)c1ccccc1. The number of amides is 2. The smallest absolute Gasteiger partial charge is 0.319 e. The van der Waals surface area contributed by atoms with Crippen LogP contribution in [0.25, 0.3) is 0 Å². The Morgan fingerprint density at radius 2 is 1.91 bits per heavy atom. The topological polar surface area (TPSA) is 79.8 Å². The van der Waals surface area contributed by atoms with E-state index in [-0.39, 0.29) is 13.4 Å². The Bertz CT molecular complexity index is 709. The fourth-order valence-corrected chi connectivity index (χ4v) is 2.45. The highest BCUT2D eigenvalue weighted by Gasteiger charge is 2.19. The fourth-order valence-electron chi connectivity index (χ4n) is 2.25. The molecule has 2 aromatic carbocycles. The van der Waals surface area contributed by atoms with Gasteiger partial charge in [0.15, 0.2) is 11.5 Å². The molecule has 7 heteroatoms. The molecular weight excluding hydrogens is 320 g/mol. The predicted octanol–water partition coefficient (Wildman–Crippen LogP) is 2.92. The molecule has 0 radical (unpaired) electrons. The summed E-state index contributed by atoms with van der Waals surface area (Å²) in [5, 5.41) is 15.1. The molecule has 6 nitrogen and oxygen atoms in total. The third-order valence-electron chi connectivity index (χ3n) is 3.40. The fraction of sp³-hybridized carbons (Fsp3) is 0.188. The first-order chi connectivity index (χ1) is 11.2. The number of ether oxygens (including phenoxy) is 2. The van der Waals surface area contributed by atoms with Gasteiger partial charge in [0.2, 0.25) is 6.79 Å². The number of urea groups is 1. The maximum absolute atomic E-state index is 12.1. The monoisotopic (exact) mass is 334 g/mol. The second kappa shape index (κ2) is 6.76. The number of benzene rings is 2. The van der Waals surface area contributed by atoms with Crippen molar-refractivity contribution >= 4 is 23.3 Å². The van der Waals surface area contributed by atoms with Crippen molar-refractivity contribution in [2.75, 3.05) is 18.7 Å². The average molecular weight is 335 g/mol. The lowest BCUT2D eigenvalue weighted by Gasteiger charge is -2.17. The van der Waals surface area contributed by atoms with Crippen molar-refractivity contribution in [1.29, 1.82) is 0 Å². The summed E-state index contributed by atoms with van der Waals surface area (Å²) < 4.78 is 10.5. The van der Waals surface area contributed by atoms with E-state index in [1.807, 2.05) is 30.3 Å². The Morgan fingerprint density at radius 1 is 1.22 bits per heavy atom. The van der Waals surface area contributed by atoms with Crippen LogP contribution in [0.4, 0.5) is 10.5 Å². The van der Waals surface area contributed by atoms with Gasteiger partial charge in [-0.1, -0.05) is 41.9 Å². The van der Waals surface area contributed by atoms with Crippen molar-refractivity contribution in [3.63, 3.8) is 0 Å². The van der Waals surface area contributed by atoms with Crippen LogP contribution >= 0.6 is 11.6 Å². The lowest BCUT2D eigenvalue weighted by atomic mass is 10.1. The van der Waals surface area contributed by atoms with Crippen LogP contribution in [-0.2, 0) is 0 Å². The van der Waals surface area contributed by atoms with E-state index >= 15 is 0 Å². The van der Waals surface area contributed by atoms with Crippen molar-refractivity contribution in [2.45, 2.75) is 6.04 Å². The lowest BCUT2D eigenvalue weighted by Crippen LogP contribution is -2.34. The first kappa shape index (κ1) is 15.5. The highest BCUT2D eigenvalue weighted by atomic mass is 35.5. The summed E-state index contributed by atoms with van der Waals surface area (Å²) in [6.07, 6.45) is 0. The van der Waals surface area contributed by atoms with Crippen molar-refractivity contribution in [3.05, 3.63) is 53.1 Å². The molecule has 2 amide bonds. The number of aliphatic hydroxyl groups excluding tert-OH is 1. The second-order valence-corrected chi connectivity index (χ2v) is 5.34. The van der Waals surface area contributed by atoms with E-state index in [1.54, 1.807) is 12.1 Å². The van der Waals surface area contributed by atoms with Crippen molar-refractivity contribution in [1.82, 2.24) is 5.32 Å².